The van der Waals surface area contributed by atoms with E-state index in [4.69, 9.17) is 0 Å². The van der Waals surface area contributed by atoms with Crippen molar-refractivity contribution in [3.63, 3.8) is 0 Å². The molecule has 0 saturated heterocycles. The highest BCUT2D eigenvalue weighted by atomic mass is 19.1. The van der Waals surface area contributed by atoms with Gasteiger partial charge in [-0.25, -0.2) is 24.3 Å². The Kier molecular flexibility index (Phi) is 3.31. The summed E-state index contributed by atoms with van der Waals surface area (Å²) in [5.41, 5.74) is 0.328. The van der Waals surface area contributed by atoms with Gasteiger partial charge < -0.3 is 20.4 Å². The second-order valence-electron chi connectivity index (χ2n) is 5.43. The molecule has 3 aromatic heterocycles. The van der Waals surface area contributed by atoms with Gasteiger partial charge in [0.25, 0.3) is 5.56 Å². The number of imidazole rings is 1. The first-order valence-electron chi connectivity index (χ1n) is 7.36. The third-order valence-electron chi connectivity index (χ3n) is 3.79. The van der Waals surface area contributed by atoms with Crippen LogP contribution in [-0.4, -0.2) is 35.0 Å². The molecule has 0 aliphatic carbocycles. The lowest BCUT2D eigenvalue weighted by molar-refractivity contribution is 0.478. The van der Waals surface area contributed by atoms with Crippen molar-refractivity contribution >= 4 is 27.9 Å². The number of nitrogens with one attached hydrogen (secondary N) is 3. The first-order chi connectivity index (χ1) is 12.0. The number of anilines is 1. The van der Waals surface area contributed by atoms with Gasteiger partial charge in [0.1, 0.15) is 40.1 Å². The molecule has 25 heavy (non-hydrogen) atoms. The van der Waals surface area contributed by atoms with Gasteiger partial charge in [0.05, 0.1) is 12.4 Å². The predicted octanol–water partition coefficient (Wildman–Crippen LogP) is 1.61. The highest BCUT2D eigenvalue weighted by Gasteiger charge is 2.17. The molecule has 4 rings (SSSR count). The molecule has 4 aromatic rings. The van der Waals surface area contributed by atoms with Crippen LogP contribution in [0, 0.1) is 5.82 Å². The summed E-state index contributed by atoms with van der Waals surface area (Å²) < 4.78 is 13.8. The Morgan fingerprint density at radius 3 is 2.96 bits per heavy atom. The van der Waals surface area contributed by atoms with E-state index in [-0.39, 0.29) is 22.5 Å². The molecule has 0 bridgehead atoms. The summed E-state index contributed by atoms with van der Waals surface area (Å²) in [6, 6.07) is 1.69. The molecule has 3 heterocycles. The lowest BCUT2D eigenvalue weighted by atomic mass is 10.2. The van der Waals surface area contributed by atoms with Crippen LogP contribution in [-0.2, 0) is 0 Å². The fourth-order valence-corrected chi connectivity index (χ4v) is 2.56. The minimum Gasteiger partial charge on any atom is -0.506 e. The minimum absolute atomic E-state index is 0.0956. The van der Waals surface area contributed by atoms with Crippen molar-refractivity contribution in [1.82, 2.24) is 29.9 Å². The fraction of sp³-hybridized carbons (Fsp3) is 0.133. The lowest BCUT2D eigenvalue weighted by Crippen LogP contribution is -2.19. The number of H-pyrrole nitrogens is 2. The number of aromatic amines is 2. The van der Waals surface area contributed by atoms with Gasteiger partial charge >= 0.3 is 0 Å². The van der Waals surface area contributed by atoms with Crippen molar-refractivity contribution in [2.45, 2.75) is 13.0 Å². The van der Waals surface area contributed by atoms with Gasteiger partial charge in [-0.2, -0.15) is 0 Å². The summed E-state index contributed by atoms with van der Waals surface area (Å²) in [4.78, 5) is 34.0. The van der Waals surface area contributed by atoms with Gasteiger partial charge in [-0.05, 0) is 19.1 Å². The zero-order valence-corrected chi connectivity index (χ0v) is 12.9. The van der Waals surface area contributed by atoms with Gasteiger partial charge in [-0.1, -0.05) is 0 Å². The Morgan fingerprint density at radius 1 is 1.28 bits per heavy atom. The number of fused-ring (bicyclic) bond motifs is 2. The molecule has 1 unspecified atom stereocenters. The predicted molar refractivity (Wildman–Crippen MR) is 87.7 cm³/mol. The Morgan fingerprint density at radius 2 is 2.12 bits per heavy atom. The maximum Gasteiger partial charge on any atom is 0.261 e. The average molecular weight is 341 g/mol. The van der Waals surface area contributed by atoms with Crippen LogP contribution in [0.1, 0.15) is 18.8 Å². The van der Waals surface area contributed by atoms with Crippen molar-refractivity contribution in [1.29, 1.82) is 0 Å². The van der Waals surface area contributed by atoms with Crippen LogP contribution in [0.3, 0.4) is 0 Å². The number of phenols is 1. The minimum atomic E-state index is -0.747. The number of phenolic OH excluding ortho intramolecular Hbond substituents is 1. The molecule has 0 spiro atoms. The van der Waals surface area contributed by atoms with E-state index in [0.29, 0.717) is 17.0 Å². The van der Waals surface area contributed by atoms with Gasteiger partial charge in [-0.15, -0.1) is 0 Å². The zero-order valence-electron chi connectivity index (χ0n) is 12.9. The van der Waals surface area contributed by atoms with Gasteiger partial charge in [0.2, 0.25) is 0 Å². The first-order valence-corrected chi connectivity index (χ1v) is 7.36. The maximum atomic E-state index is 13.8. The van der Waals surface area contributed by atoms with Gasteiger partial charge in [0, 0.05) is 0 Å². The van der Waals surface area contributed by atoms with Crippen molar-refractivity contribution in [2.24, 2.45) is 0 Å². The first kappa shape index (κ1) is 15.0. The number of hydrogen-bond donors (Lipinski definition) is 4. The molecule has 10 heteroatoms. The average Bonchev–Trinajstić information content (AvgIpc) is 3.07. The smallest absolute Gasteiger partial charge is 0.261 e. The van der Waals surface area contributed by atoms with E-state index < -0.39 is 17.4 Å². The normalized spacial score (nSPS) is 12.6. The SMILES string of the molecule is CC(Nc1ncnc2nc[nH]c12)c1nc2c(O)ccc(F)c2c(=O)[nH]1. The van der Waals surface area contributed by atoms with E-state index in [9.17, 15) is 14.3 Å². The molecule has 0 radical (unpaired) electrons. The third kappa shape index (κ3) is 2.43. The van der Waals surface area contributed by atoms with Crippen molar-refractivity contribution < 1.29 is 9.50 Å². The molecule has 1 aromatic carbocycles. The molecule has 126 valence electrons. The van der Waals surface area contributed by atoms with Crippen LogP contribution in [0.2, 0.25) is 0 Å². The number of halogens is 1. The quantitative estimate of drug-likeness (QED) is 0.445. The molecule has 0 aliphatic rings. The number of nitrogens with zero attached hydrogens (tertiary/aromatic N) is 4. The van der Waals surface area contributed by atoms with E-state index >= 15 is 0 Å². The molecular formula is C15H12FN7O2. The molecule has 0 amide bonds. The largest absolute Gasteiger partial charge is 0.506 e. The summed E-state index contributed by atoms with van der Waals surface area (Å²) in [6.07, 6.45) is 2.85. The molecule has 4 N–H and O–H groups in total. The van der Waals surface area contributed by atoms with Crippen LogP contribution in [0.4, 0.5) is 10.2 Å². The van der Waals surface area contributed by atoms with Crippen molar-refractivity contribution in [3.05, 3.63) is 46.8 Å². The second kappa shape index (κ2) is 5.51. The topological polar surface area (TPSA) is 132 Å². The standard InChI is InChI=1S/C15H12FN7O2/c1-6(21-14-11-13(18-4-17-11)19-5-20-14)12-22-10-8(24)3-2-7(16)9(10)15(25)23-12/h2-6,24H,1H3,(H,22,23,25)(H2,17,18,19,20,21). The van der Waals surface area contributed by atoms with Crippen LogP contribution in [0.5, 0.6) is 5.75 Å². The maximum absolute atomic E-state index is 13.8. The Hall–Kier alpha value is -3.56. The number of rotatable bonds is 3. The van der Waals surface area contributed by atoms with Crippen LogP contribution in [0.25, 0.3) is 22.1 Å². The molecular weight excluding hydrogens is 329 g/mol. The number of hydrogen-bond acceptors (Lipinski definition) is 7. The van der Waals surface area contributed by atoms with Crippen LogP contribution >= 0.6 is 0 Å². The highest BCUT2D eigenvalue weighted by molar-refractivity contribution is 5.84. The summed E-state index contributed by atoms with van der Waals surface area (Å²) in [6.45, 7) is 1.74. The van der Waals surface area contributed by atoms with Crippen LogP contribution in [0.15, 0.2) is 29.6 Å². The van der Waals surface area contributed by atoms with Gasteiger partial charge in [0.15, 0.2) is 11.5 Å². The summed E-state index contributed by atoms with van der Waals surface area (Å²) in [5, 5.41) is 12.7. The Labute approximate surface area is 139 Å². The van der Waals surface area contributed by atoms with E-state index in [1.807, 2.05) is 0 Å². The van der Waals surface area contributed by atoms with Crippen molar-refractivity contribution in [3.8, 4) is 5.75 Å². The van der Waals surface area contributed by atoms with Gasteiger partial charge in [-0.3, -0.25) is 4.79 Å². The number of aromatic nitrogens is 6. The molecule has 1 atom stereocenters. The molecule has 0 saturated carbocycles. The summed E-state index contributed by atoms with van der Waals surface area (Å²) >= 11 is 0. The second-order valence-corrected chi connectivity index (χ2v) is 5.43. The fourth-order valence-electron chi connectivity index (χ4n) is 2.56. The van der Waals surface area contributed by atoms with E-state index in [0.717, 1.165) is 12.1 Å². The highest BCUT2D eigenvalue weighted by Crippen LogP contribution is 2.25. The van der Waals surface area contributed by atoms with E-state index in [1.54, 1.807) is 6.92 Å². The van der Waals surface area contributed by atoms with E-state index in [2.05, 4.69) is 35.2 Å². The molecule has 0 fully saturated rings. The summed E-state index contributed by atoms with van der Waals surface area (Å²) in [5.74, 6) is -0.316. The Bertz CT molecular complexity index is 1150. The molecule has 0 aliphatic heterocycles. The van der Waals surface area contributed by atoms with E-state index in [1.165, 1.54) is 12.7 Å². The Balaban J connectivity index is 1.78. The van der Waals surface area contributed by atoms with Crippen molar-refractivity contribution in [2.75, 3.05) is 5.32 Å². The number of aromatic hydroxyl groups is 1. The number of benzene rings is 1. The zero-order chi connectivity index (χ0) is 17.6. The lowest BCUT2D eigenvalue weighted by Gasteiger charge is -2.14. The monoisotopic (exact) mass is 341 g/mol. The van der Waals surface area contributed by atoms with Crippen LogP contribution < -0.4 is 10.9 Å². The molecule has 9 nitrogen and oxygen atoms in total. The summed E-state index contributed by atoms with van der Waals surface area (Å²) in [7, 11) is 0. The third-order valence-corrected chi connectivity index (χ3v) is 3.79.